The van der Waals surface area contributed by atoms with Crippen molar-refractivity contribution in [1.29, 1.82) is 0 Å². The minimum atomic E-state index is 0.594. The highest BCUT2D eigenvalue weighted by Crippen LogP contribution is 2.72. The fourth-order valence-electron chi connectivity index (χ4n) is 5.00. The zero-order chi connectivity index (χ0) is 13.1. The first-order valence-corrected chi connectivity index (χ1v) is 9.79. The Bertz CT molecular complexity index is 465. The highest BCUT2D eigenvalue weighted by Gasteiger charge is 2.66. The molecular formula is C15H19Br2NS. The molecule has 0 aliphatic heterocycles. The van der Waals surface area contributed by atoms with Crippen LogP contribution in [0.25, 0.3) is 0 Å². The Kier molecular flexibility index (Phi) is 3.37. The van der Waals surface area contributed by atoms with Gasteiger partial charge in [0.05, 0.1) is 3.79 Å². The first-order chi connectivity index (χ1) is 9.20. The van der Waals surface area contributed by atoms with Crippen molar-refractivity contribution in [2.45, 2.75) is 32.2 Å². The lowest BCUT2D eigenvalue weighted by Crippen LogP contribution is -2.24. The zero-order valence-corrected chi connectivity index (χ0v) is 15.0. The highest BCUT2D eigenvalue weighted by molar-refractivity contribution is 9.13. The monoisotopic (exact) mass is 403 g/mol. The Morgan fingerprint density at radius 3 is 2.53 bits per heavy atom. The van der Waals surface area contributed by atoms with E-state index in [-0.39, 0.29) is 0 Å². The third-order valence-electron chi connectivity index (χ3n) is 5.57. The van der Waals surface area contributed by atoms with Gasteiger partial charge in [-0.1, -0.05) is 6.92 Å². The van der Waals surface area contributed by atoms with Crippen LogP contribution >= 0.6 is 43.2 Å². The van der Waals surface area contributed by atoms with Crippen molar-refractivity contribution in [3.8, 4) is 0 Å². The van der Waals surface area contributed by atoms with Gasteiger partial charge in [-0.2, -0.15) is 0 Å². The second-order valence-corrected chi connectivity index (χ2v) is 9.63. The Hall–Kier alpha value is 0.620. The molecule has 0 spiro atoms. The summed E-state index contributed by atoms with van der Waals surface area (Å²) in [6.07, 6.45) is 4.57. The first kappa shape index (κ1) is 13.3. The molecule has 1 N–H and O–H groups in total. The van der Waals surface area contributed by atoms with Crippen LogP contribution in [0.4, 0.5) is 0 Å². The van der Waals surface area contributed by atoms with Crippen LogP contribution < -0.4 is 5.32 Å². The molecule has 4 heteroatoms. The van der Waals surface area contributed by atoms with E-state index in [2.05, 4.69) is 50.2 Å². The summed E-state index contributed by atoms with van der Waals surface area (Å²) >= 11 is 9.18. The Morgan fingerprint density at radius 1 is 1.32 bits per heavy atom. The predicted molar refractivity (Wildman–Crippen MR) is 87.4 cm³/mol. The molecule has 5 atom stereocenters. The van der Waals surface area contributed by atoms with Gasteiger partial charge >= 0.3 is 0 Å². The molecule has 5 unspecified atom stereocenters. The highest BCUT2D eigenvalue weighted by atomic mass is 79.9. The number of thiophene rings is 1. The number of hydrogen-bond donors (Lipinski definition) is 1. The second-order valence-electron chi connectivity index (χ2n) is 6.37. The summed E-state index contributed by atoms with van der Waals surface area (Å²) in [5.74, 6) is 5.13. The van der Waals surface area contributed by atoms with Crippen molar-refractivity contribution in [3.05, 3.63) is 19.2 Å². The smallest absolute Gasteiger partial charge is 0.0843 e. The van der Waals surface area contributed by atoms with Gasteiger partial charge in [-0.3, -0.25) is 0 Å². The fourth-order valence-corrected chi connectivity index (χ4v) is 7.22. The molecule has 0 radical (unpaired) electrons. The molecule has 3 aliphatic carbocycles. The lowest BCUT2D eigenvalue weighted by Gasteiger charge is -2.20. The standard InChI is InChI=1S/C15H19Br2NS/c1-2-18-14(10-6-9(16)15(17)19-10)13-11-7-3-4-8(5-7)12(11)13/h6-8,11-14,18H,2-5H2,1H3. The molecule has 1 nitrogen and oxygen atoms in total. The maximum atomic E-state index is 3.77. The van der Waals surface area contributed by atoms with Crippen molar-refractivity contribution < 1.29 is 0 Å². The number of nitrogens with one attached hydrogen (secondary N) is 1. The van der Waals surface area contributed by atoms with Crippen LogP contribution in [0.5, 0.6) is 0 Å². The average molecular weight is 405 g/mol. The minimum Gasteiger partial charge on any atom is -0.309 e. The lowest BCUT2D eigenvalue weighted by atomic mass is 9.96. The topological polar surface area (TPSA) is 12.0 Å². The summed E-state index contributed by atoms with van der Waals surface area (Å²) in [4.78, 5) is 1.51. The normalized spacial score (nSPS) is 40.5. The molecule has 1 heterocycles. The molecule has 3 fully saturated rings. The van der Waals surface area contributed by atoms with E-state index in [1.54, 1.807) is 6.42 Å². The molecule has 0 amide bonds. The SMILES string of the molecule is CCNC(c1cc(Br)c(Br)s1)C1C2C3CCC(C3)C21. The van der Waals surface area contributed by atoms with Crippen LogP contribution in [0, 0.1) is 29.6 Å². The van der Waals surface area contributed by atoms with Crippen LogP contribution in [-0.4, -0.2) is 6.54 Å². The van der Waals surface area contributed by atoms with E-state index in [9.17, 15) is 0 Å². The molecule has 3 aliphatic rings. The Balaban J connectivity index is 1.60. The lowest BCUT2D eigenvalue weighted by molar-refractivity contribution is 0.378. The number of fused-ring (bicyclic) bond motifs is 5. The van der Waals surface area contributed by atoms with Crippen molar-refractivity contribution in [3.63, 3.8) is 0 Å². The van der Waals surface area contributed by atoms with Gasteiger partial charge in [0.15, 0.2) is 0 Å². The van der Waals surface area contributed by atoms with E-state index in [1.807, 2.05) is 11.3 Å². The molecule has 104 valence electrons. The first-order valence-electron chi connectivity index (χ1n) is 7.38. The van der Waals surface area contributed by atoms with Gasteiger partial charge in [0.1, 0.15) is 0 Å². The third kappa shape index (κ3) is 2.01. The summed E-state index contributed by atoms with van der Waals surface area (Å²) in [6, 6.07) is 2.91. The van der Waals surface area contributed by atoms with E-state index in [1.165, 1.54) is 26.0 Å². The molecule has 0 saturated heterocycles. The van der Waals surface area contributed by atoms with Crippen LogP contribution in [0.15, 0.2) is 14.3 Å². The van der Waals surface area contributed by atoms with E-state index in [4.69, 9.17) is 0 Å². The van der Waals surface area contributed by atoms with E-state index in [0.29, 0.717) is 6.04 Å². The van der Waals surface area contributed by atoms with Crippen molar-refractivity contribution in [2.24, 2.45) is 29.6 Å². The van der Waals surface area contributed by atoms with Crippen molar-refractivity contribution >= 4 is 43.2 Å². The maximum Gasteiger partial charge on any atom is 0.0843 e. The van der Waals surface area contributed by atoms with Crippen LogP contribution in [0.1, 0.15) is 37.1 Å². The molecular weight excluding hydrogens is 386 g/mol. The van der Waals surface area contributed by atoms with Gasteiger partial charge in [0.2, 0.25) is 0 Å². The average Bonchev–Trinajstić information content (AvgIpc) is 2.72. The largest absolute Gasteiger partial charge is 0.309 e. The summed E-state index contributed by atoms with van der Waals surface area (Å²) < 4.78 is 2.45. The van der Waals surface area contributed by atoms with Gasteiger partial charge < -0.3 is 5.32 Å². The fraction of sp³-hybridized carbons (Fsp3) is 0.733. The van der Waals surface area contributed by atoms with E-state index < -0.39 is 0 Å². The Morgan fingerprint density at radius 2 is 2.00 bits per heavy atom. The predicted octanol–water partition coefficient (Wildman–Crippen LogP) is 5.22. The molecule has 3 saturated carbocycles. The summed E-state index contributed by atoms with van der Waals surface area (Å²) in [5, 5.41) is 3.77. The molecule has 0 aromatic carbocycles. The summed E-state index contributed by atoms with van der Waals surface area (Å²) in [7, 11) is 0. The van der Waals surface area contributed by atoms with Crippen LogP contribution in [-0.2, 0) is 0 Å². The molecule has 1 aromatic heterocycles. The summed E-state index contributed by atoms with van der Waals surface area (Å²) in [5.41, 5.74) is 0. The van der Waals surface area contributed by atoms with Crippen LogP contribution in [0.2, 0.25) is 0 Å². The molecule has 19 heavy (non-hydrogen) atoms. The van der Waals surface area contributed by atoms with Gasteiger partial charge in [0.25, 0.3) is 0 Å². The number of hydrogen-bond acceptors (Lipinski definition) is 2. The molecule has 2 bridgehead atoms. The number of rotatable bonds is 4. The maximum absolute atomic E-state index is 3.77. The van der Waals surface area contributed by atoms with Gasteiger partial charge in [-0.25, -0.2) is 0 Å². The molecule has 4 rings (SSSR count). The van der Waals surface area contributed by atoms with Gasteiger partial charge in [-0.15, -0.1) is 11.3 Å². The second kappa shape index (κ2) is 4.82. The zero-order valence-electron chi connectivity index (χ0n) is 11.0. The third-order valence-corrected chi connectivity index (χ3v) is 8.91. The van der Waals surface area contributed by atoms with Gasteiger partial charge in [0, 0.05) is 15.4 Å². The van der Waals surface area contributed by atoms with Crippen molar-refractivity contribution in [2.75, 3.05) is 6.54 Å². The van der Waals surface area contributed by atoms with Crippen molar-refractivity contribution in [1.82, 2.24) is 5.32 Å². The van der Waals surface area contributed by atoms with E-state index in [0.717, 1.165) is 36.1 Å². The van der Waals surface area contributed by atoms with Crippen LogP contribution in [0.3, 0.4) is 0 Å². The number of halogens is 2. The minimum absolute atomic E-state index is 0.594. The summed E-state index contributed by atoms with van der Waals surface area (Å²) in [6.45, 7) is 3.31. The quantitative estimate of drug-likeness (QED) is 0.725. The Labute approximate surface area is 135 Å². The van der Waals surface area contributed by atoms with Gasteiger partial charge in [-0.05, 0) is 93.3 Å². The van der Waals surface area contributed by atoms with E-state index >= 15 is 0 Å². The molecule has 1 aromatic rings.